The van der Waals surface area contributed by atoms with Crippen molar-refractivity contribution in [2.24, 2.45) is 5.73 Å². The van der Waals surface area contributed by atoms with Crippen LogP contribution in [0.15, 0.2) is 0 Å². The van der Waals surface area contributed by atoms with Crippen molar-refractivity contribution in [1.82, 2.24) is 9.80 Å². The summed E-state index contributed by atoms with van der Waals surface area (Å²) < 4.78 is 0. The predicted octanol–water partition coefficient (Wildman–Crippen LogP) is 1.03. The van der Waals surface area contributed by atoms with Crippen molar-refractivity contribution in [3.8, 4) is 0 Å². The van der Waals surface area contributed by atoms with Crippen molar-refractivity contribution in [3.05, 3.63) is 0 Å². The Labute approximate surface area is 99.0 Å². The van der Waals surface area contributed by atoms with Crippen LogP contribution in [0, 0.1) is 0 Å². The lowest BCUT2D eigenvalue weighted by atomic mass is 9.84. The average molecular weight is 223 g/mol. The first kappa shape index (κ1) is 11.0. The molecule has 3 rings (SSSR count). The molecule has 3 heteroatoms. The second-order valence-electron chi connectivity index (χ2n) is 6.08. The molecule has 16 heavy (non-hydrogen) atoms. The Hall–Kier alpha value is -0.120. The second-order valence-corrected chi connectivity index (χ2v) is 6.08. The third kappa shape index (κ3) is 1.89. The van der Waals surface area contributed by atoms with Crippen molar-refractivity contribution >= 4 is 0 Å². The Morgan fingerprint density at radius 3 is 2.62 bits per heavy atom. The fraction of sp³-hybridized carbons (Fsp3) is 1.00. The van der Waals surface area contributed by atoms with E-state index in [9.17, 15) is 0 Å². The van der Waals surface area contributed by atoms with E-state index in [0.29, 0.717) is 6.04 Å². The van der Waals surface area contributed by atoms with E-state index in [1.54, 1.807) is 0 Å². The molecule has 3 aliphatic rings. The van der Waals surface area contributed by atoms with Gasteiger partial charge in [-0.05, 0) is 39.2 Å². The van der Waals surface area contributed by atoms with Crippen LogP contribution in [0.25, 0.3) is 0 Å². The molecule has 0 spiro atoms. The van der Waals surface area contributed by atoms with Gasteiger partial charge in [-0.1, -0.05) is 6.42 Å². The minimum atomic E-state index is 0.488. The molecule has 0 aromatic carbocycles. The predicted molar refractivity (Wildman–Crippen MR) is 66.4 cm³/mol. The zero-order valence-corrected chi connectivity index (χ0v) is 10.4. The highest BCUT2D eigenvalue weighted by Crippen LogP contribution is 2.31. The molecule has 2 saturated heterocycles. The van der Waals surface area contributed by atoms with Gasteiger partial charge in [-0.25, -0.2) is 0 Å². The Morgan fingerprint density at radius 2 is 1.88 bits per heavy atom. The van der Waals surface area contributed by atoms with Gasteiger partial charge in [-0.2, -0.15) is 0 Å². The van der Waals surface area contributed by atoms with E-state index in [4.69, 9.17) is 5.73 Å². The number of nitrogens with two attached hydrogens (primary N) is 1. The summed E-state index contributed by atoms with van der Waals surface area (Å²) in [5, 5.41) is 0. The van der Waals surface area contributed by atoms with Gasteiger partial charge in [0.15, 0.2) is 0 Å². The molecule has 1 aliphatic carbocycles. The smallest absolute Gasteiger partial charge is 0.0224 e. The monoisotopic (exact) mass is 223 g/mol. The maximum atomic E-state index is 5.92. The van der Waals surface area contributed by atoms with E-state index in [-0.39, 0.29) is 0 Å². The molecule has 1 saturated carbocycles. The van der Waals surface area contributed by atoms with E-state index in [1.165, 1.54) is 51.7 Å². The molecule has 3 nitrogen and oxygen atoms in total. The van der Waals surface area contributed by atoms with E-state index in [0.717, 1.165) is 18.1 Å². The standard InChI is InChI=1S/C13H25N3/c1-10-8-15-5-3-2-4-12(15)9-16(10)13-6-11(14)7-13/h10-13H,2-9,14H2,1H3. The van der Waals surface area contributed by atoms with Crippen molar-refractivity contribution in [3.63, 3.8) is 0 Å². The number of piperazine rings is 1. The van der Waals surface area contributed by atoms with Crippen LogP contribution in [0.2, 0.25) is 0 Å². The summed E-state index contributed by atoms with van der Waals surface area (Å²) in [6.45, 7) is 6.33. The highest BCUT2D eigenvalue weighted by Gasteiger charge is 2.39. The summed E-state index contributed by atoms with van der Waals surface area (Å²) in [6.07, 6.45) is 6.74. The van der Waals surface area contributed by atoms with Gasteiger partial charge in [-0.3, -0.25) is 9.80 Å². The van der Waals surface area contributed by atoms with E-state index in [1.807, 2.05) is 0 Å². The normalized spacial score (nSPS) is 46.1. The fourth-order valence-electron chi connectivity index (χ4n) is 3.78. The van der Waals surface area contributed by atoms with Gasteiger partial charge in [0.05, 0.1) is 0 Å². The van der Waals surface area contributed by atoms with Crippen molar-refractivity contribution < 1.29 is 0 Å². The quantitative estimate of drug-likeness (QED) is 0.721. The van der Waals surface area contributed by atoms with Crippen LogP contribution in [-0.2, 0) is 0 Å². The molecule has 2 aliphatic heterocycles. The summed E-state index contributed by atoms with van der Waals surface area (Å²) in [5.41, 5.74) is 5.92. The van der Waals surface area contributed by atoms with Gasteiger partial charge in [-0.15, -0.1) is 0 Å². The number of fused-ring (bicyclic) bond motifs is 1. The molecule has 2 atom stereocenters. The largest absolute Gasteiger partial charge is 0.328 e. The Bertz CT molecular complexity index is 250. The Balaban J connectivity index is 1.62. The van der Waals surface area contributed by atoms with Gasteiger partial charge in [0.25, 0.3) is 0 Å². The van der Waals surface area contributed by atoms with E-state index >= 15 is 0 Å². The van der Waals surface area contributed by atoms with Crippen LogP contribution in [0.1, 0.15) is 39.0 Å². The Morgan fingerprint density at radius 1 is 1.06 bits per heavy atom. The summed E-state index contributed by atoms with van der Waals surface area (Å²) in [4.78, 5) is 5.47. The number of piperidine rings is 1. The van der Waals surface area contributed by atoms with Crippen LogP contribution in [0.4, 0.5) is 0 Å². The summed E-state index contributed by atoms with van der Waals surface area (Å²) in [5.74, 6) is 0. The lowest BCUT2D eigenvalue weighted by molar-refractivity contribution is -0.0305. The maximum absolute atomic E-state index is 5.92. The van der Waals surface area contributed by atoms with Crippen LogP contribution in [-0.4, -0.2) is 53.6 Å². The first-order valence-corrected chi connectivity index (χ1v) is 6.99. The molecule has 3 fully saturated rings. The molecule has 0 aromatic rings. The molecule has 0 amide bonds. The van der Waals surface area contributed by atoms with Gasteiger partial charge >= 0.3 is 0 Å². The first-order chi connectivity index (χ1) is 7.74. The SMILES string of the molecule is CC1CN2CCCCC2CN1C1CC(N)C1. The lowest BCUT2D eigenvalue weighted by Gasteiger charge is -2.53. The van der Waals surface area contributed by atoms with Crippen LogP contribution < -0.4 is 5.73 Å². The summed E-state index contributed by atoms with van der Waals surface area (Å²) >= 11 is 0. The van der Waals surface area contributed by atoms with Gasteiger partial charge in [0.2, 0.25) is 0 Å². The van der Waals surface area contributed by atoms with Crippen molar-refractivity contribution in [1.29, 1.82) is 0 Å². The van der Waals surface area contributed by atoms with Gasteiger partial charge in [0.1, 0.15) is 0 Å². The highest BCUT2D eigenvalue weighted by atomic mass is 15.3. The molecule has 92 valence electrons. The summed E-state index contributed by atoms with van der Waals surface area (Å²) in [7, 11) is 0. The number of rotatable bonds is 1. The second kappa shape index (κ2) is 4.28. The molecule has 2 heterocycles. The highest BCUT2D eigenvalue weighted by molar-refractivity contribution is 4.97. The molecule has 0 bridgehead atoms. The molecule has 0 radical (unpaired) electrons. The Kier molecular flexibility index (Phi) is 2.94. The molecular weight excluding hydrogens is 198 g/mol. The van der Waals surface area contributed by atoms with Gasteiger partial charge < -0.3 is 5.73 Å². The average Bonchev–Trinajstić information content (AvgIpc) is 2.24. The van der Waals surface area contributed by atoms with Crippen LogP contribution in [0.5, 0.6) is 0 Å². The van der Waals surface area contributed by atoms with Crippen LogP contribution >= 0.6 is 0 Å². The van der Waals surface area contributed by atoms with Crippen molar-refractivity contribution in [2.45, 2.75) is 63.2 Å². The number of hydrogen-bond donors (Lipinski definition) is 1. The third-order valence-corrected chi connectivity index (χ3v) is 4.85. The van der Waals surface area contributed by atoms with Crippen LogP contribution in [0.3, 0.4) is 0 Å². The minimum absolute atomic E-state index is 0.488. The zero-order valence-electron chi connectivity index (χ0n) is 10.4. The molecule has 0 aromatic heterocycles. The van der Waals surface area contributed by atoms with E-state index < -0.39 is 0 Å². The van der Waals surface area contributed by atoms with Crippen molar-refractivity contribution in [2.75, 3.05) is 19.6 Å². The third-order valence-electron chi connectivity index (χ3n) is 4.85. The lowest BCUT2D eigenvalue weighted by Crippen LogP contribution is -2.64. The number of nitrogens with zero attached hydrogens (tertiary/aromatic N) is 2. The molecular formula is C13H25N3. The fourth-order valence-corrected chi connectivity index (χ4v) is 3.78. The minimum Gasteiger partial charge on any atom is -0.328 e. The molecule has 2 unspecified atom stereocenters. The summed E-state index contributed by atoms with van der Waals surface area (Å²) in [6, 6.07) is 2.88. The first-order valence-electron chi connectivity index (χ1n) is 6.99. The topological polar surface area (TPSA) is 32.5 Å². The number of hydrogen-bond acceptors (Lipinski definition) is 3. The maximum Gasteiger partial charge on any atom is 0.0224 e. The van der Waals surface area contributed by atoms with Gasteiger partial charge in [0, 0.05) is 37.3 Å². The zero-order chi connectivity index (χ0) is 11.1. The van der Waals surface area contributed by atoms with E-state index in [2.05, 4.69) is 16.7 Å². The molecule has 2 N–H and O–H groups in total.